The molecule has 0 bridgehead atoms. The van der Waals surface area contributed by atoms with Gasteiger partial charge in [-0.05, 0) is 43.2 Å². The smallest absolute Gasteiger partial charge is 0.255 e. The maximum Gasteiger partial charge on any atom is 0.255 e. The molecule has 1 aliphatic carbocycles. The number of fused-ring (bicyclic) bond motifs is 1. The van der Waals surface area contributed by atoms with Gasteiger partial charge in [-0.1, -0.05) is 29.8 Å². The lowest BCUT2D eigenvalue weighted by Gasteiger charge is -2.25. The number of hydrogen-bond acceptors (Lipinski definition) is 3. The Morgan fingerprint density at radius 2 is 2.00 bits per heavy atom. The first kappa shape index (κ1) is 15.4. The van der Waals surface area contributed by atoms with Crippen molar-refractivity contribution in [3.05, 3.63) is 53.8 Å². The lowest BCUT2D eigenvalue weighted by Crippen LogP contribution is -2.39. The standard InChI is InChI=1S/C19H19N2O2S/c1-11-3-5-13(6-4-11)16-14(7-8-24-16)17(22)21-10-19(18(20)23)9-15(19)12(21)2/h3-8,12,15H,2,9-10H2,1H3,(H2,20,23)/t12-,15+,19-/m0/s1. The molecule has 0 spiro atoms. The Hall–Kier alpha value is -2.14. The number of aryl methyl sites for hydroxylation is 1. The van der Waals surface area contributed by atoms with Crippen LogP contribution in [0.5, 0.6) is 0 Å². The molecule has 4 rings (SSSR count). The van der Waals surface area contributed by atoms with Gasteiger partial charge in [0, 0.05) is 17.5 Å². The Bertz CT molecular complexity index is 826. The normalized spacial score (nSPS) is 27.8. The predicted octanol–water partition coefficient (Wildman–Crippen LogP) is 2.87. The number of nitrogens with zero attached hydrogens (tertiary/aromatic N) is 1. The van der Waals surface area contributed by atoms with E-state index in [1.165, 1.54) is 5.56 Å². The second-order valence-corrected chi connectivity index (χ2v) is 7.78. The summed E-state index contributed by atoms with van der Waals surface area (Å²) in [4.78, 5) is 27.5. The first-order valence-corrected chi connectivity index (χ1v) is 8.90. The van der Waals surface area contributed by atoms with Crippen LogP contribution in [0.3, 0.4) is 0 Å². The van der Waals surface area contributed by atoms with Gasteiger partial charge in [0.2, 0.25) is 5.91 Å². The molecule has 123 valence electrons. The zero-order valence-electron chi connectivity index (χ0n) is 13.5. The van der Waals surface area contributed by atoms with Gasteiger partial charge in [-0.25, -0.2) is 0 Å². The molecule has 1 aromatic heterocycles. The molecular formula is C19H19N2O2S. The van der Waals surface area contributed by atoms with Crippen molar-refractivity contribution >= 4 is 23.2 Å². The van der Waals surface area contributed by atoms with Gasteiger partial charge in [0.1, 0.15) is 0 Å². The average molecular weight is 339 g/mol. The fourth-order valence-electron chi connectivity index (χ4n) is 3.80. The predicted molar refractivity (Wildman–Crippen MR) is 94.4 cm³/mol. The summed E-state index contributed by atoms with van der Waals surface area (Å²) in [5, 5.41) is 1.93. The quantitative estimate of drug-likeness (QED) is 0.934. The third kappa shape index (κ3) is 2.11. The second kappa shape index (κ2) is 5.18. The molecule has 2 aliphatic rings. The van der Waals surface area contributed by atoms with E-state index < -0.39 is 5.41 Å². The molecule has 2 heterocycles. The topological polar surface area (TPSA) is 63.4 Å². The molecule has 24 heavy (non-hydrogen) atoms. The van der Waals surface area contributed by atoms with Gasteiger partial charge in [0.15, 0.2) is 0 Å². The van der Waals surface area contributed by atoms with E-state index in [1.54, 1.807) is 16.2 Å². The highest BCUT2D eigenvalue weighted by Gasteiger charge is 2.68. The Morgan fingerprint density at radius 1 is 1.29 bits per heavy atom. The van der Waals surface area contributed by atoms with Crippen molar-refractivity contribution < 1.29 is 9.59 Å². The molecule has 2 fully saturated rings. The zero-order valence-corrected chi connectivity index (χ0v) is 14.3. The van der Waals surface area contributed by atoms with E-state index in [0.29, 0.717) is 12.1 Å². The molecule has 1 aromatic carbocycles. The molecule has 2 amide bonds. The van der Waals surface area contributed by atoms with E-state index in [4.69, 9.17) is 5.73 Å². The summed E-state index contributed by atoms with van der Waals surface area (Å²) in [7, 11) is 0. The van der Waals surface area contributed by atoms with Gasteiger partial charge < -0.3 is 10.6 Å². The van der Waals surface area contributed by atoms with E-state index >= 15 is 0 Å². The van der Waals surface area contributed by atoms with Crippen molar-refractivity contribution in [3.8, 4) is 10.4 Å². The number of nitrogens with two attached hydrogens (primary N) is 1. The highest BCUT2D eigenvalue weighted by atomic mass is 32.1. The fourth-order valence-corrected chi connectivity index (χ4v) is 4.70. The van der Waals surface area contributed by atoms with Gasteiger partial charge in [-0.2, -0.15) is 0 Å². The van der Waals surface area contributed by atoms with Crippen LogP contribution in [0.1, 0.15) is 22.3 Å². The van der Waals surface area contributed by atoms with E-state index in [-0.39, 0.29) is 23.8 Å². The van der Waals surface area contributed by atoms with Crippen LogP contribution >= 0.6 is 11.3 Å². The minimum absolute atomic E-state index is 0.0559. The van der Waals surface area contributed by atoms with E-state index in [0.717, 1.165) is 16.9 Å². The summed E-state index contributed by atoms with van der Waals surface area (Å²) in [6.45, 7) is 6.55. The number of benzene rings is 1. The molecule has 0 unspecified atom stereocenters. The third-order valence-corrected chi connectivity index (χ3v) is 6.38. The number of rotatable bonds is 3. The third-order valence-electron chi connectivity index (χ3n) is 5.41. The van der Waals surface area contributed by atoms with Crippen LogP contribution in [-0.2, 0) is 4.79 Å². The molecule has 2 aromatic rings. The minimum atomic E-state index is -0.540. The van der Waals surface area contributed by atoms with Crippen molar-refractivity contribution in [1.82, 2.24) is 4.90 Å². The second-order valence-electron chi connectivity index (χ2n) is 6.86. The molecule has 2 N–H and O–H groups in total. The van der Waals surface area contributed by atoms with Gasteiger partial charge in [0.25, 0.3) is 5.91 Å². The summed E-state index contributed by atoms with van der Waals surface area (Å²) in [5.74, 6) is -0.249. The van der Waals surface area contributed by atoms with Gasteiger partial charge in [-0.15, -0.1) is 11.3 Å². The van der Waals surface area contributed by atoms with Crippen LogP contribution in [0.2, 0.25) is 0 Å². The Kier molecular flexibility index (Phi) is 3.32. The van der Waals surface area contributed by atoms with Crippen LogP contribution in [0.25, 0.3) is 10.4 Å². The number of piperidine rings is 1. The summed E-state index contributed by atoms with van der Waals surface area (Å²) >= 11 is 1.55. The van der Waals surface area contributed by atoms with E-state index in [9.17, 15) is 9.59 Å². The SMILES string of the molecule is [CH2][C@H]1[C@H]2C[C@]2(C(N)=O)CN1C(=O)c1ccsc1-c1ccc(C)cc1. The molecule has 1 saturated heterocycles. The molecular weight excluding hydrogens is 320 g/mol. The Morgan fingerprint density at radius 3 is 2.62 bits per heavy atom. The number of thiophene rings is 1. The van der Waals surface area contributed by atoms with Crippen molar-refractivity contribution in [2.24, 2.45) is 17.1 Å². The average Bonchev–Trinajstić information content (AvgIpc) is 2.96. The summed E-state index contributed by atoms with van der Waals surface area (Å²) < 4.78 is 0. The minimum Gasteiger partial charge on any atom is -0.369 e. The molecule has 5 heteroatoms. The van der Waals surface area contributed by atoms with E-state index in [2.05, 4.69) is 6.92 Å². The van der Waals surface area contributed by atoms with Crippen molar-refractivity contribution in [3.63, 3.8) is 0 Å². The maximum absolute atomic E-state index is 13.1. The Balaban J connectivity index is 1.64. The first-order chi connectivity index (χ1) is 11.4. The number of likely N-dealkylation sites (tertiary alicyclic amines) is 1. The summed E-state index contributed by atoms with van der Waals surface area (Å²) in [6.07, 6.45) is 0.759. The van der Waals surface area contributed by atoms with Crippen LogP contribution < -0.4 is 5.73 Å². The van der Waals surface area contributed by atoms with Crippen molar-refractivity contribution in [2.75, 3.05) is 6.54 Å². The molecule has 1 saturated carbocycles. The summed E-state index contributed by atoms with van der Waals surface area (Å²) in [5.41, 5.74) is 7.91. The van der Waals surface area contributed by atoms with Crippen LogP contribution in [0, 0.1) is 25.2 Å². The van der Waals surface area contributed by atoms with Crippen LogP contribution in [0.15, 0.2) is 35.7 Å². The van der Waals surface area contributed by atoms with Gasteiger partial charge >= 0.3 is 0 Å². The lowest BCUT2D eigenvalue weighted by atomic mass is 10.1. The molecule has 1 radical (unpaired) electrons. The number of carbonyl (C=O) groups is 2. The van der Waals surface area contributed by atoms with Crippen molar-refractivity contribution in [2.45, 2.75) is 19.4 Å². The Labute approximate surface area is 145 Å². The highest BCUT2D eigenvalue weighted by Crippen LogP contribution is 2.60. The maximum atomic E-state index is 13.1. The van der Waals surface area contributed by atoms with Gasteiger partial charge in [0.05, 0.1) is 11.0 Å². The number of hydrogen-bond donors (Lipinski definition) is 1. The monoisotopic (exact) mass is 339 g/mol. The van der Waals surface area contributed by atoms with Crippen molar-refractivity contribution in [1.29, 1.82) is 0 Å². The largest absolute Gasteiger partial charge is 0.369 e. The van der Waals surface area contributed by atoms with E-state index in [1.807, 2.05) is 42.6 Å². The number of primary amides is 1. The van der Waals surface area contributed by atoms with Crippen LogP contribution in [-0.4, -0.2) is 29.3 Å². The number of carbonyl (C=O) groups excluding carboxylic acids is 2. The molecule has 4 nitrogen and oxygen atoms in total. The zero-order chi connectivity index (χ0) is 17.1. The molecule has 3 atom stereocenters. The lowest BCUT2D eigenvalue weighted by molar-refractivity contribution is -0.123. The summed E-state index contributed by atoms with van der Waals surface area (Å²) in [6, 6.07) is 9.82. The highest BCUT2D eigenvalue weighted by molar-refractivity contribution is 7.14. The molecule has 1 aliphatic heterocycles. The fraction of sp³-hybridized carbons (Fsp3) is 0.316. The van der Waals surface area contributed by atoms with Crippen LogP contribution in [0.4, 0.5) is 0 Å². The van der Waals surface area contributed by atoms with Gasteiger partial charge in [-0.3, -0.25) is 9.59 Å². The first-order valence-electron chi connectivity index (χ1n) is 8.02. The number of amides is 2.